The van der Waals surface area contributed by atoms with Gasteiger partial charge in [-0.15, -0.1) is 0 Å². The van der Waals surface area contributed by atoms with Crippen LogP contribution in [0.2, 0.25) is 0 Å². The third-order valence-corrected chi connectivity index (χ3v) is 12.1. The Kier molecular flexibility index (Phi) is 5.97. The maximum Gasteiger partial charge on any atom is 0.241 e. The minimum atomic E-state index is -0.499. The van der Waals surface area contributed by atoms with Gasteiger partial charge in [-0.3, -0.25) is 9.13 Å². The van der Waals surface area contributed by atoms with Gasteiger partial charge in [-0.05, 0) is 87.0 Å². The van der Waals surface area contributed by atoms with E-state index in [4.69, 9.17) is 24.9 Å². The first-order valence-electron chi connectivity index (χ1n) is 19.2. The molecule has 13 rings (SSSR count). The van der Waals surface area contributed by atoms with Crippen LogP contribution in [0.25, 0.3) is 89.4 Å². The molecule has 0 N–H and O–H groups in total. The van der Waals surface area contributed by atoms with Gasteiger partial charge >= 0.3 is 0 Å². The first kappa shape index (κ1) is 30.5. The van der Waals surface area contributed by atoms with E-state index in [2.05, 4.69) is 149 Å². The summed E-state index contributed by atoms with van der Waals surface area (Å²) >= 11 is 0. The molecule has 7 heteroatoms. The summed E-state index contributed by atoms with van der Waals surface area (Å²) in [6.07, 6.45) is 3.65. The van der Waals surface area contributed by atoms with Crippen molar-refractivity contribution in [2.45, 2.75) is 5.41 Å². The van der Waals surface area contributed by atoms with Crippen molar-refractivity contribution < 1.29 is 0 Å². The van der Waals surface area contributed by atoms with Gasteiger partial charge in [0.2, 0.25) is 11.9 Å². The highest BCUT2D eigenvalue weighted by Gasteiger charge is 2.51. The lowest BCUT2D eigenvalue weighted by Gasteiger charge is -2.30. The number of nitrogens with zero attached hydrogens (tertiary/aromatic N) is 7. The van der Waals surface area contributed by atoms with E-state index in [0.717, 1.165) is 49.4 Å². The average Bonchev–Trinajstić information content (AvgIpc) is 3.98. The Balaban J connectivity index is 1.13. The van der Waals surface area contributed by atoms with E-state index >= 15 is 0 Å². The fourth-order valence-electron chi connectivity index (χ4n) is 9.91. The zero-order valence-corrected chi connectivity index (χ0v) is 30.4. The van der Waals surface area contributed by atoms with Crippen LogP contribution in [-0.4, -0.2) is 34.1 Å². The van der Waals surface area contributed by atoms with Crippen molar-refractivity contribution in [1.82, 2.24) is 34.1 Å². The maximum atomic E-state index is 5.36. The van der Waals surface area contributed by atoms with Crippen LogP contribution in [0.15, 0.2) is 176 Å². The number of rotatable bonds is 3. The molecule has 57 heavy (non-hydrogen) atoms. The molecule has 0 saturated carbocycles. The SMILES string of the molecule is c1ccc2c(c1)-c1ccccc1C21c2ccccc2-c2ccc(-c3nc(-n4c5ccccc5c5cccnc54)nc(-n4c5ccccc5c5cccnc54)n3)cc21. The molecule has 0 amide bonds. The Labute approximate surface area is 326 Å². The van der Waals surface area contributed by atoms with Crippen molar-refractivity contribution in [3.05, 3.63) is 198 Å². The molecule has 5 aromatic heterocycles. The van der Waals surface area contributed by atoms with Crippen LogP contribution < -0.4 is 0 Å². The number of hydrogen-bond donors (Lipinski definition) is 0. The fourth-order valence-corrected chi connectivity index (χ4v) is 9.91. The molecule has 7 nitrogen and oxygen atoms in total. The summed E-state index contributed by atoms with van der Waals surface area (Å²) in [5.41, 5.74) is 14.0. The molecule has 6 aromatic carbocycles. The predicted octanol–water partition coefficient (Wildman–Crippen LogP) is 10.9. The molecule has 2 aliphatic rings. The van der Waals surface area contributed by atoms with Crippen LogP contribution in [0.3, 0.4) is 0 Å². The third-order valence-electron chi connectivity index (χ3n) is 12.1. The molecule has 1 spiro atoms. The molecule has 0 atom stereocenters. The van der Waals surface area contributed by atoms with Gasteiger partial charge in [-0.2, -0.15) is 15.0 Å². The van der Waals surface area contributed by atoms with Crippen molar-refractivity contribution in [2.75, 3.05) is 0 Å². The molecule has 2 aliphatic carbocycles. The van der Waals surface area contributed by atoms with Crippen molar-refractivity contribution in [1.29, 1.82) is 0 Å². The highest BCUT2D eigenvalue weighted by Crippen LogP contribution is 2.63. The number of aromatic nitrogens is 7. The number of pyridine rings is 2. The molecule has 0 fully saturated rings. The minimum Gasteiger partial charge on any atom is -0.262 e. The van der Waals surface area contributed by atoms with Gasteiger partial charge in [-0.1, -0.05) is 121 Å². The molecule has 0 aliphatic heterocycles. The molecule has 264 valence electrons. The van der Waals surface area contributed by atoms with Gasteiger partial charge in [-0.25, -0.2) is 9.97 Å². The van der Waals surface area contributed by atoms with Crippen LogP contribution in [-0.2, 0) is 5.41 Å². The van der Waals surface area contributed by atoms with E-state index in [1.807, 2.05) is 36.7 Å². The van der Waals surface area contributed by atoms with Crippen molar-refractivity contribution in [3.63, 3.8) is 0 Å². The third kappa shape index (κ3) is 3.92. The fraction of sp³-hybridized carbons (Fsp3) is 0.0200. The number of para-hydroxylation sites is 2. The molecular formula is C50H29N7. The molecule has 11 aromatic rings. The summed E-state index contributed by atoms with van der Waals surface area (Å²) in [5.74, 6) is 1.53. The zero-order chi connectivity index (χ0) is 37.2. The largest absolute Gasteiger partial charge is 0.262 e. The van der Waals surface area contributed by atoms with Crippen LogP contribution in [0.5, 0.6) is 0 Å². The van der Waals surface area contributed by atoms with E-state index in [1.165, 1.54) is 44.5 Å². The van der Waals surface area contributed by atoms with Crippen molar-refractivity contribution in [2.24, 2.45) is 0 Å². The lowest BCUT2D eigenvalue weighted by atomic mass is 9.70. The summed E-state index contributed by atoms with van der Waals surface area (Å²) in [6.45, 7) is 0. The lowest BCUT2D eigenvalue weighted by Crippen LogP contribution is -2.25. The molecule has 5 heterocycles. The molecule has 0 bridgehead atoms. The van der Waals surface area contributed by atoms with Gasteiger partial charge in [0.25, 0.3) is 0 Å². The van der Waals surface area contributed by atoms with Gasteiger partial charge < -0.3 is 0 Å². The molecular weight excluding hydrogens is 699 g/mol. The van der Waals surface area contributed by atoms with Gasteiger partial charge in [0.1, 0.15) is 11.3 Å². The highest BCUT2D eigenvalue weighted by atomic mass is 15.3. The van der Waals surface area contributed by atoms with Crippen LogP contribution in [0, 0.1) is 0 Å². The Morgan fingerprint density at radius 2 is 0.807 bits per heavy atom. The highest BCUT2D eigenvalue weighted by molar-refractivity contribution is 6.08. The quantitative estimate of drug-likeness (QED) is 0.181. The second-order valence-corrected chi connectivity index (χ2v) is 14.9. The smallest absolute Gasteiger partial charge is 0.241 e. The van der Waals surface area contributed by atoms with Crippen LogP contribution >= 0.6 is 0 Å². The summed E-state index contributed by atoms with van der Waals surface area (Å²) in [5, 5.41) is 4.23. The van der Waals surface area contributed by atoms with Gasteiger partial charge in [0, 0.05) is 39.5 Å². The van der Waals surface area contributed by atoms with Gasteiger partial charge in [0.15, 0.2) is 5.82 Å². The molecule has 0 saturated heterocycles. The van der Waals surface area contributed by atoms with Crippen molar-refractivity contribution >= 4 is 43.9 Å². The average molecular weight is 728 g/mol. The predicted molar refractivity (Wildman–Crippen MR) is 226 cm³/mol. The molecule has 0 unspecified atom stereocenters. The Bertz CT molecular complexity index is 3200. The number of fused-ring (bicyclic) bond motifs is 16. The summed E-state index contributed by atoms with van der Waals surface area (Å²) < 4.78 is 4.13. The first-order valence-corrected chi connectivity index (χ1v) is 19.2. The summed E-state index contributed by atoms with van der Waals surface area (Å²) in [6, 6.07) is 58.2. The standard InChI is InChI=1S/C50H29N7/c1-6-20-39-31(13-1)32-14-2-7-21-40(32)50(39)41-22-8-3-15-33(41)34-26-25-30(29-42(34)50)45-53-48(56-43-23-9-4-16-35(43)37-18-11-27-51-46(37)56)55-49(54-45)57-44-24-10-5-17-36(44)38-19-12-28-52-47(38)57/h1-29H. The van der Waals surface area contributed by atoms with E-state index in [-0.39, 0.29) is 0 Å². The monoisotopic (exact) mass is 727 g/mol. The topological polar surface area (TPSA) is 74.3 Å². The van der Waals surface area contributed by atoms with Gasteiger partial charge in [0.05, 0.1) is 16.4 Å². The maximum absolute atomic E-state index is 5.36. The summed E-state index contributed by atoms with van der Waals surface area (Å²) in [4.78, 5) is 25.8. The van der Waals surface area contributed by atoms with Crippen LogP contribution in [0.1, 0.15) is 22.3 Å². The minimum absolute atomic E-state index is 0.483. The second-order valence-electron chi connectivity index (χ2n) is 14.9. The summed E-state index contributed by atoms with van der Waals surface area (Å²) in [7, 11) is 0. The van der Waals surface area contributed by atoms with E-state index in [1.54, 1.807) is 0 Å². The number of benzene rings is 6. The number of hydrogen-bond acceptors (Lipinski definition) is 5. The molecule has 0 radical (unpaired) electrons. The lowest BCUT2D eigenvalue weighted by molar-refractivity contribution is 0.793. The second kappa shape index (κ2) is 11.1. The van der Waals surface area contributed by atoms with Crippen molar-refractivity contribution in [3.8, 4) is 45.5 Å². The van der Waals surface area contributed by atoms with E-state index in [9.17, 15) is 0 Å². The zero-order valence-electron chi connectivity index (χ0n) is 30.4. The Hall–Kier alpha value is -7.77. The van der Waals surface area contributed by atoms with Crippen LogP contribution in [0.4, 0.5) is 0 Å². The Morgan fingerprint density at radius 1 is 0.368 bits per heavy atom. The van der Waals surface area contributed by atoms with E-state index < -0.39 is 5.41 Å². The van der Waals surface area contributed by atoms with E-state index in [0.29, 0.717) is 17.7 Å². The normalized spacial score (nSPS) is 13.4. The Morgan fingerprint density at radius 3 is 1.33 bits per heavy atom. The first-order chi connectivity index (χ1) is 28.3.